The Morgan fingerprint density at radius 2 is 1.75 bits per heavy atom. The zero-order chi connectivity index (χ0) is 14.5. The fourth-order valence-electron chi connectivity index (χ4n) is 2.18. The van der Waals surface area contributed by atoms with Crippen molar-refractivity contribution in [2.75, 3.05) is 13.1 Å². The van der Waals surface area contributed by atoms with Gasteiger partial charge in [-0.2, -0.15) is 0 Å². The summed E-state index contributed by atoms with van der Waals surface area (Å²) in [5.74, 6) is -0.606. The summed E-state index contributed by atoms with van der Waals surface area (Å²) in [5.41, 5.74) is 0.879. The van der Waals surface area contributed by atoms with Crippen LogP contribution in [0.2, 0.25) is 0 Å². The van der Waals surface area contributed by atoms with E-state index < -0.39 is 0 Å². The molecular weight excluding hydrogens is 256 g/mol. The van der Waals surface area contributed by atoms with E-state index in [2.05, 4.69) is 5.32 Å². The van der Waals surface area contributed by atoms with Crippen molar-refractivity contribution >= 4 is 17.7 Å². The Hall–Kier alpha value is -2.17. The molecule has 0 saturated heterocycles. The monoisotopic (exact) mass is 274 g/mol. The first-order chi connectivity index (χ1) is 9.65. The van der Waals surface area contributed by atoms with Crippen molar-refractivity contribution in [2.24, 2.45) is 0 Å². The quantitative estimate of drug-likeness (QED) is 0.801. The molecule has 0 fully saturated rings. The maximum Gasteiger partial charge on any atom is 0.261 e. The Labute approximate surface area is 118 Å². The normalized spacial score (nSPS) is 13.6. The molecule has 1 aromatic carbocycles. The first-order valence-electron chi connectivity index (χ1n) is 6.87. The highest BCUT2D eigenvalue weighted by Crippen LogP contribution is 2.21. The Balaban J connectivity index is 1.88. The van der Waals surface area contributed by atoms with Crippen LogP contribution in [-0.4, -0.2) is 35.7 Å². The molecule has 0 bridgehead atoms. The molecule has 5 nitrogen and oxygen atoms in total. The van der Waals surface area contributed by atoms with Crippen LogP contribution in [0.1, 0.15) is 46.9 Å². The zero-order valence-electron chi connectivity index (χ0n) is 11.5. The van der Waals surface area contributed by atoms with E-state index >= 15 is 0 Å². The number of nitrogens with one attached hydrogen (secondary N) is 1. The Morgan fingerprint density at radius 3 is 2.30 bits per heavy atom. The second kappa shape index (κ2) is 6.32. The Kier molecular flexibility index (Phi) is 4.50. The molecule has 0 spiro atoms. The summed E-state index contributed by atoms with van der Waals surface area (Å²) in [7, 11) is 0. The Bertz CT molecular complexity index is 505. The summed E-state index contributed by atoms with van der Waals surface area (Å²) in [4.78, 5) is 36.7. The van der Waals surface area contributed by atoms with Crippen LogP contribution in [-0.2, 0) is 4.79 Å². The molecule has 1 heterocycles. The van der Waals surface area contributed by atoms with Gasteiger partial charge in [-0.25, -0.2) is 0 Å². The third kappa shape index (κ3) is 2.87. The summed E-state index contributed by atoms with van der Waals surface area (Å²) in [6.45, 7) is 2.53. The molecule has 0 saturated carbocycles. The van der Waals surface area contributed by atoms with Gasteiger partial charge < -0.3 is 5.32 Å². The van der Waals surface area contributed by atoms with Gasteiger partial charge in [-0.05, 0) is 18.6 Å². The molecule has 1 aliphatic rings. The molecule has 20 heavy (non-hydrogen) atoms. The largest absolute Gasteiger partial charge is 0.354 e. The molecule has 0 aromatic heterocycles. The van der Waals surface area contributed by atoms with E-state index in [4.69, 9.17) is 0 Å². The van der Waals surface area contributed by atoms with Gasteiger partial charge in [-0.3, -0.25) is 19.3 Å². The number of amides is 3. The molecule has 5 heteroatoms. The van der Waals surface area contributed by atoms with Crippen molar-refractivity contribution in [3.63, 3.8) is 0 Å². The van der Waals surface area contributed by atoms with Gasteiger partial charge in [0.2, 0.25) is 5.91 Å². The first kappa shape index (κ1) is 14.2. The van der Waals surface area contributed by atoms with Gasteiger partial charge >= 0.3 is 0 Å². The third-order valence-electron chi connectivity index (χ3n) is 3.29. The lowest BCUT2D eigenvalue weighted by Crippen LogP contribution is -2.38. The standard InChI is InChI=1S/C15H18N2O3/c1-2-3-8-13(18)16-9-10-17-14(19)11-6-4-5-7-12(11)15(17)20/h4-7H,2-3,8-10H2,1H3,(H,16,18). The van der Waals surface area contributed by atoms with Crippen molar-refractivity contribution in [2.45, 2.75) is 26.2 Å². The number of carbonyl (C=O) groups excluding carboxylic acids is 3. The summed E-state index contributed by atoms with van der Waals surface area (Å²) in [6.07, 6.45) is 2.29. The maximum absolute atomic E-state index is 12.0. The van der Waals surface area contributed by atoms with Crippen LogP contribution in [0, 0.1) is 0 Å². The number of nitrogens with zero attached hydrogens (tertiary/aromatic N) is 1. The minimum absolute atomic E-state index is 0.0385. The van der Waals surface area contributed by atoms with E-state index in [0.717, 1.165) is 12.8 Å². The number of rotatable bonds is 6. The highest BCUT2D eigenvalue weighted by atomic mass is 16.2. The van der Waals surface area contributed by atoms with Gasteiger partial charge in [0, 0.05) is 19.5 Å². The molecule has 0 unspecified atom stereocenters. The lowest BCUT2D eigenvalue weighted by atomic mass is 10.1. The molecule has 106 valence electrons. The summed E-state index contributed by atoms with van der Waals surface area (Å²) in [5, 5.41) is 2.73. The second-order valence-corrected chi connectivity index (χ2v) is 4.76. The lowest BCUT2D eigenvalue weighted by molar-refractivity contribution is -0.121. The average molecular weight is 274 g/mol. The minimum Gasteiger partial charge on any atom is -0.354 e. The molecule has 2 rings (SSSR count). The van der Waals surface area contributed by atoms with E-state index in [1.165, 1.54) is 4.90 Å². The van der Waals surface area contributed by atoms with Crippen LogP contribution in [0.25, 0.3) is 0 Å². The van der Waals surface area contributed by atoms with Gasteiger partial charge in [0.05, 0.1) is 11.1 Å². The zero-order valence-corrected chi connectivity index (χ0v) is 11.5. The first-order valence-corrected chi connectivity index (χ1v) is 6.87. The van der Waals surface area contributed by atoms with E-state index in [1.807, 2.05) is 6.92 Å². The van der Waals surface area contributed by atoms with Crippen LogP contribution in [0.3, 0.4) is 0 Å². The number of fused-ring (bicyclic) bond motifs is 1. The van der Waals surface area contributed by atoms with Crippen molar-refractivity contribution < 1.29 is 14.4 Å². The van der Waals surface area contributed by atoms with Crippen LogP contribution >= 0.6 is 0 Å². The van der Waals surface area contributed by atoms with Gasteiger partial charge in [0.15, 0.2) is 0 Å². The number of carbonyl (C=O) groups is 3. The number of imide groups is 1. The molecule has 0 radical (unpaired) electrons. The Morgan fingerprint density at radius 1 is 1.15 bits per heavy atom. The van der Waals surface area contributed by atoms with Crippen molar-refractivity contribution in [3.8, 4) is 0 Å². The van der Waals surface area contributed by atoms with Crippen LogP contribution < -0.4 is 5.32 Å². The van der Waals surface area contributed by atoms with Gasteiger partial charge in [-0.1, -0.05) is 25.5 Å². The number of benzene rings is 1. The number of hydrogen-bond acceptors (Lipinski definition) is 3. The fraction of sp³-hybridized carbons (Fsp3) is 0.400. The van der Waals surface area contributed by atoms with E-state index in [1.54, 1.807) is 24.3 Å². The van der Waals surface area contributed by atoms with Gasteiger partial charge in [0.25, 0.3) is 11.8 Å². The predicted molar refractivity (Wildman–Crippen MR) is 74.3 cm³/mol. The van der Waals surface area contributed by atoms with Crippen LogP contribution in [0.15, 0.2) is 24.3 Å². The molecular formula is C15H18N2O3. The summed E-state index contributed by atoms with van der Waals surface area (Å²) >= 11 is 0. The van der Waals surface area contributed by atoms with Crippen LogP contribution in [0.4, 0.5) is 0 Å². The van der Waals surface area contributed by atoms with Crippen LogP contribution in [0.5, 0.6) is 0 Å². The third-order valence-corrected chi connectivity index (χ3v) is 3.29. The topological polar surface area (TPSA) is 66.5 Å². The van der Waals surface area contributed by atoms with Gasteiger partial charge in [0.1, 0.15) is 0 Å². The molecule has 1 aliphatic heterocycles. The van der Waals surface area contributed by atoms with E-state index in [0.29, 0.717) is 24.1 Å². The molecule has 1 N–H and O–H groups in total. The molecule has 0 atom stereocenters. The highest BCUT2D eigenvalue weighted by molar-refractivity contribution is 6.21. The predicted octanol–water partition coefficient (Wildman–Crippen LogP) is 1.59. The van der Waals surface area contributed by atoms with E-state index in [9.17, 15) is 14.4 Å². The summed E-state index contributed by atoms with van der Waals surface area (Å²) in [6, 6.07) is 6.77. The molecule has 1 aromatic rings. The maximum atomic E-state index is 12.0. The molecule has 3 amide bonds. The van der Waals surface area contributed by atoms with E-state index in [-0.39, 0.29) is 24.3 Å². The average Bonchev–Trinajstić information content (AvgIpc) is 2.70. The number of unbranched alkanes of at least 4 members (excludes halogenated alkanes) is 1. The van der Waals surface area contributed by atoms with Gasteiger partial charge in [-0.15, -0.1) is 0 Å². The lowest BCUT2D eigenvalue weighted by Gasteiger charge is -2.14. The smallest absolute Gasteiger partial charge is 0.261 e. The number of hydrogen-bond donors (Lipinski definition) is 1. The second-order valence-electron chi connectivity index (χ2n) is 4.76. The minimum atomic E-state index is -0.284. The SMILES string of the molecule is CCCCC(=O)NCCN1C(=O)c2ccccc2C1=O. The summed E-state index contributed by atoms with van der Waals surface area (Å²) < 4.78 is 0. The van der Waals surface area contributed by atoms with Crippen molar-refractivity contribution in [1.82, 2.24) is 10.2 Å². The molecule has 0 aliphatic carbocycles. The van der Waals surface area contributed by atoms with Crippen molar-refractivity contribution in [3.05, 3.63) is 35.4 Å². The highest BCUT2D eigenvalue weighted by Gasteiger charge is 2.34. The fourth-order valence-corrected chi connectivity index (χ4v) is 2.18. The van der Waals surface area contributed by atoms with Crippen molar-refractivity contribution in [1.29, 1.82) is 0 Å².